The Labute approximate surface area is 163 Å². The zero-order valence-electron chi connectivity index (χ0n) is 15.9. The fraction of sp³-hybridized carbons (Fsp3) is 0.263. The zero-order valence-corrected chi connectivity index (χ0v) is 16.7. The third kappa shape index (κ3) is 4.49. The van der Waals surface area contributed by atoms with Crippen molar-refractivity contribution in [2.24, 2.45) is 0 Å². The average molecular weight is 402 g/mol. The second-order valence-corrected chi connectivity index (χ2v) is 8.10. The van der Waals surface area contributed by atoms with Gasteiger partial charge in [-0.3, -0.25) is 9.48 Å². The molecule has 0 spiro atoms. The van der Waals surface area contributed by atoms with E-state index in [2.05, 4.69) is 15.1 Å². The maximum absolute atomic E-state index is 12.4. The third-order valence-electron chi connectivity index (χ3n) is 4.05. The molecule has 3 rings (SSSR count). The number of hydrogen-bond donors (Lipinski definition) is 2. The number of benzene rings is 1. The number of anilines is 1. The van der Waals surface area contributed by atoms with Crippen LogP contribution in [0.1, 0.15) is 34.6 Å². The number of hydrogen-bond acceptors (Lipinski definition) is 5. The van der Waals surface area contributed by atoms with E-state index >= 15 is 0 Å². The molecular weight excluding hydrogens is 380 g/mol. The molecular formula is C19H22N4O4S. The highest BCUT2D eigenvalue weighted by Crippen LogP contribution is 2.17. The first-order valence-corrected chi connectivity index (χ1v) is 10.3. The van der Waals surface area contributed by atoms with Gasteiger partial charge in [0.1, 0.15) is 5.76 Å². The molecule has 0 aliphatic carbocycles. The summed E-state index contributed by atoms with van der Waals surface area (Å²) < 4.78 is 33.7. The van der Waals surface area contributed by atoms with Gasteiger partial charge in [-0.15, -0.1) is 0 Å². The van der Waals surface area contributed by atoms with E-state index in [4.69, 9.17) is 4.42 Å². The summed E-state index contributed by atoms with van der Waals surface area (Å²) in [6.07, 6.45) is 0. The average Bonchev–Trinajstić information content (AvgIpc) is 3.22. The van der Waals surface area contributed by atoms with Gasteiger partial charge in [0.05, 0.1) is 17.1 Å². The molecule has 0 radical (unpaired) electrons. The summed E-state index contributed by atoms with van der Waals surface area (Å²) in [6.45, 7) is 6.32. The Morgan fingerprint density at radius 3 is 2.46 bits per heavy atom. The summed E-state index contributed by atoms with van der Waals surface area (Å²) in [5, 5.41) is 7.06. The smallest absolute Gasteiger partial charge is 0.291 e. The van der Waals surface area contributed by atoms with Crippen LogP contribution in [0.25, 0.3) is 0 Å². The third-order valence-corrected chi connectivity index (χ3v) is 5.61. The summed E-state index contributed by atoms with van der Waals surface area (Å²) in [6, 6.07) is 11.2. The number of sulfonamides is 1. The van der Waals surface area contributed by atoms with Crippen molar-refractivity contribution < 1.29 is 17.6 Å². The number of nitrogens with one attached hydrogen (secondary N) is 2. The van der Waals surface area contributed by atoms with Crippen LogP contribution in [0.4, 0.5) is 5.69 Å². The summed E-state index contributed by atoms with van der Waals surface area (Å²) >= 11 is 0. The van der Waals surface area contributed by atoms with Gasteiger partial charge in [0.2, 0.25) is 10.0 Å². The molecule has 8 nitrogen and oxygen atoms in total. The normalized spacial score (nSPS) is 11.5. The van der Waals surface area contributed by atoms with Crippen LogP contribution < -0.4 is 10.0 Å². The molecule has 0 atom stereocenters. The van der Waals surface area contributed by atoms with E-state index in [1.165, 1.54) is 24.3 Å². The standard InChI is InChI=1S/C19H22N4O4S/c1-4-20-28(25,26)17-8-5-15(6-9-17)21-19(24)18-10-7-16(27-18)12-23-14(3)11-13(2)22-23/h5-11,20H,4,12H2,1-3H3,(H,21,24). The quantitative estimate of drug-likeness (QED) is 0.632. The van der Waals surface area contributed by atoms with E-state index < -0.39 is 15.9 Å². The molecule has 1 amide bonds. The van der Waals surface area contributed by atoms with Gasteiger partial charge in [-0.05, 0) is 56.3 Å². The minimum Gasteiger partial charge on any atom is -0.454 e. The Hall–Kier alpha value is -2.91. The molecule has 28 heavy (non-hydrogen) atoms. The van der Waals surface area contributed by atoms with Gasteiger partial charge < -0.3 is 9.73 Å². The van der Waals surface area contributed by atoms with Gasteiger partial charge in [-0.2, -0.15) is 5.10 Å². The number of furan rings is 1. The van der Waals surface area contributed by atoms with Crippen LogP contribution in [0.3, 0.4) is 0 Å². The molecule has 0 saturated carbocycles. The van der Waals surface area contributed by atoms with E-state index in [0.717, 1.165) is 11.4 Å². The van der Waals surface area contributed by atoms with E-state index in [9.17, 15) is 13.2 Å². The maximum atomic E-state index is 12.4. The molecule has 0 saturated heterocycles. The molecule has 2 aromatic heterocycles. The highest BCUT2D eigenvalue weighted by molar-refractivity contribution is 7.89. The van der Waals surface area contributed by atoms with E-state index in [1.807, 2.05) is 19.9 Å². The van der Waals surface area contributed by atoms with Crippen molar-refractivity contribution in [2.75, 3.05) is 11.9 Å². The maximum Gasteiger partial charge on any atom is 0.291 e. The fourth-order valence-electron chi connectivity index (χ4n) is 2.75. The lowest BCUT2D eigenvalue weighted by atomic mass is 10.3. The molecule has 2 heterocycles. The second-order valence-electron chi connectivity index (χ2n) is 6.33. The fourth-order valence-corrected chi connectivity index (χ4v) is 3.79. The first kappa shape index (κ1) is 19.8. The first-order chi connectivity index (χ1) is 13.3. The molecule has 3 aromatic rings. The van der Waals surface area contributed by atoms with Crippen molar-refractivity contribution in [3.63, 3.8) is 0 Å². The molecule has 0 bridgehead atoms. The lowest BCUT2D eigenvalue weighted by Gasteiger charge is -2.07. The van der Waals surface area contributed by atoms with Gasteiger partial charge in [0, 0.05) is 17.9 Å². The van der Waals surface area contributed by atoms with Crippen molar-refractivity contribution in [1.29, 1.82) is 0 Å². The molecule has 2 N–H and O–H groups in total. The van der Waals surface area contributed by atoms with Gasteiger partial charge in [-0.25, -0.2) is 13.1 Å². The second kappa shape index (κ2) is 7.99. The van der Waals surface area contributed by atoms with Crippen molar-refractivity contribution in [2.45, 2.75) is 32.2 Å². The molecule has 0 aliphatic heterocycles. The topological polar surface area (TPSA) is 106 Å². The summed E-state index contributed by atoms with van der Waals surface area (Å²) in [7, 11) is -3.53. The van der Waals surface area contributed by atoms with Crippen LogP contribution in [-0.4, -0.2) is 30.7 Å². The minimum atomic E-state index is -3.53. The van der Waals surface area contributed by atoms with E-state index in [0.29, 0.717) is 24.5 Å². The van der Waals surface area contributed by atoms with Gasteiger partial charge in [0.15, 0.2) is 5.76 Å². The van der Waals surface area contributed by atoms with Crippen molar-refractivity contribution in [3.8, 4) is 0 Å². The Bertz CT molecular complexity index is 1080. The van der Waals surface area contributed by atoms with Crippen molar-refractivity contribution in [1.82, 2.24) is 14.5 Å². The Kier molecular flexibility index (Phi) is 5.66. The zero-order chi connectivity index (χ0) is 20.3. The largest absolute Gasteiger partial charge is 0.454 e. The Morgan fingerprint density at radius 2 is 1.86 bits per heavy atom. The van der Waals surface area contributed by atoms with Gasteiger partial charge in [-0.1, -0.05) is 6.92 Å². The molecule has 0 unspecified atom stereocenters. The first-order valence-electron chi connectivity index (χ1n) is 8.79. The van der Waals surface area contributed by atoms with Crippen LogP contribution in [0.15, 0.2) is 51.8 Å². The number of rotatable bonds is 7. The van der Waals surface area contributed by atoms with E-state index in [-0.39, 0.29) is 10.7 Å². The number of nitrogens with zero attached hydrogens (tertiary/aromatic N) is 2. The lowest BCUT2D eigenvalue weighted by molar-refractivity contribution is 0.0994. The van der Waals surface area contributed by atoms with Crippen LogP contribution in [0, 0.1) is 13.8 Å². The minimum absolute atomic E-state index is 0.137. The van der Waals surface area contributed by atoms with Crippen LogP contribution >= 0.6 is 0 Å². The lowest BCUT2D eigenvalue weighted by Crippen LogP contribution is -2.23. The molecule has 148 valence electrons. The van der Waals surface area contributed by atoms with Crippen LogP contribution in [-0.2, 0) is 16.6 Å². The van der Waals surface area contributed by atoms with Gasteiger partial charge >= 0.3 is 0 Å². The van der Waals surface area contributed by atoms with Gasteiger partial charge in [0.25, 0.3) is 5.91 Å². The number of aryl methyl sites for hydroxylation is 2. The predicted molar refractivity (Wildman–Crippen MR) is 105 cm³/mol. The summed E-state index contributed by atoms with van der Waals surface area (Å²) in [5.74, 6) is 0.367. The number of aromatic nitrogens is 2. The van der Waals surface area contributed by atoms with Crippen molar-refractivity contribution >= 4 is 21.6 Å². The molecule has 9 heteroatoms. The molecule has 1 aromatic carbocycles. The number of carbonyl (C=O) groups is 1. The highest BCUT2D eigenvalue weighted by Gasteiger charge is 2.15. The number of carbonyl (C=O) groups excluding carboxylic acids is 1. The highest BCUT2D eigenvalue weighted by atomic mass is 32.2. The Balaban J connectivity index is 1.67. The van der Waals surface area contributed by atoms with Crippen LogP contribution in [0.5, 0.6) is 0 Å². The summed E-state index contributed by atoms with van der Waals surface area (Å²) in [4.78, 5) is 12.5. The molecule has 0 fully saturated rings. The predicted octanol–water partition coefficient (Wildman–Crippen LogP) is 2.69. The van der Waals surface area contributed by atoms with Crippen LogP contribution in [0.2, 0.25) is 0 Å². The molecule has 0 aliphatic rings. The number of amides is 1. The monoisotopic (exact) mass is 402 g/mol. The SMILES string of the molecule is CCNS(=O)(=O)c1ccc(NC(=O)c2ccc(Cn3nc(C)cc3C)o2)cc1. The van der Waals surface area contributed by atoms with Crippen molar-refractivity contribution in [3.05, 3.63) is 65.4 Å². The summed E-state index contributed by atoms with van der Waals surface area (Å²) in [5.41, 5.74) is 2.39. The Morgan fingerprint density at radius 1 is 1.14 bits per heavy atom. The van der Waals surface area contributed by atoms with E-state index in [1.54, 1.807) is 23.7 Å².